The number of nitrogens with zero attached hydrogens (tertiary/aromatic N) is 2. The second-order valence-electron chi connectivity index (χ2n) is 9.82. The maximum absolute atomic E-state index is 15.3. The van der Waals surface area contributed by atoms with Gasteiger partial charge in [0.25, 0.3) is 0 Å². The van der Waals surface area contributed by atoms with Crippen LogP contribution in [0.2, 0.25) is 0 Å². The Morgan fingerprint density at radius 2 is 1.82 bits per heavy atom. The molecule has 0 saturated heterocycles. The van der Waals surface area contributed by atoms with Crippen LogP contribution in [0.5, 0.6) is 11.6 Å². The molecule has 1 heterocycles. The zero-order valence-corrected chi connectivity index (χ0v) is 21.8. The number of hydrogen-bond donors (Lipinski definition) is 1. The highest BCUT2D eigenvalue weighted by atomic mass is 19.4. The summed E-state index contributed by atoms with van der Waals surface area (Å²) in [5, 5.41) is 9.04. The molecule has 38 heavy (non-hydrogen) atoms. The molecule has 1 N–H and O–H groups in total. The molecule has 1 aliphatic carbocycles. The number of hydrogen-bond acceptors (Lipinski definition) is 6. The van der Waals surface area contributed by atoms with E-state index in [9.17, 15) is 22.8 Å². The number of pyridine rings is 1. The molecule has 1 aromatic heterocycles. The van der Waals surface area contributed by atoms with E-state index in [4.69, 9.17) is 14.6 Å². The summed E-state index contributed by atoms with van der Waals surface area (Å²) < 4.78 is 66.5. The first kappa shape index (κ1) is 29.3. The number of aromatic nitrogens is 1. The molecule has 1 saturated carbocycles. The van der Waals surface area contributed by atoms with Gasteiger partial charge in [0, 0.05) is 36.9 Å². The number of benzene rings is 1. The van der Waals surface area contributed by atoms with Gasteiger partial charge in [-0.2, -0.15) is 13.2 Å². The predicted molar refractivity (Wildman–Crippen MR) is 132 cm³/mol. The summed E-state index contributed by atoms with van der Waals surface area (Å²) in [6.45, 7) is 5.17. The molecule has 3 rings (SSSR count). The maximum Gasteiger partial charge on any atom is 0.421 e. The van der Waals surface area contributed by atoms with Gasteiger partial charge in [-0.15, -0.1) is 0 Å². The number of aliphatic hydroxyl groups excluding tert-OH is 1. The number of anilines is 1. The molecule has 1 aromatic carbocycles. The van der Waals surface area contributed by atoms with Crippen molar-refractivity contribution < 1.29 is 41.7 Å². The van der Waals surface area contributed by atoms with Crippen LogP contribution in [-0.2, 0) is 22.1 Å². The Kier molecular flexibility index (Phi) is 9.35. The molecule has 208 valence electrons. The highest BCUT2D eigenvalue weighted by Gasteiger charge is 2.37. The van der Waals surface area contributed by atoms with E-state index in [1.807, 2.05) is 0 Å². The smallest absolute Gasteiger partial charge is 0.421 e. The molecule has 11 heteroatoms. The lowest BCUT2D eigenvalue weighted by Crippen LogP contribution is -2.43. The quantitative estimate of drug-likeness (QED) is 0.330. The van der Waals surface area contributed by atoms with Crippen molar-refractivity contribution in [1.29, 1.82) is 0 Å². The Hall–Kier alpha value is -3.21. The van der Waals surface area contributed by atoms with Crippen molar-refractivity contribution in [2.24, 2.45) is 11.8 Å². The molecule has 1 amide bonds. The van der Waals surface area contributed by atoms with Crippen molar-refractivity contribution in [2.45, 2.75) is 65.1 Å². The van der Waals surface area contributed by atoms with Gasteiger partial charge >= 0.3 is 12.1 Å². The minimum atomic E-state index is -4.88. The number of carbonyl (C=O) groups is 2. The van der Waals surface area contributed by atoms with Crippen LogP contribution in [0.3, 0.4) is 0 Å². The summed E-state index contributed by atoms with van der Waals surface area (Å²) in [7, 11) is 1.10. The van der Waals surface area contributed by atoms with E-state index in [1.165, 1.54) is 4.90 Å². The summed E-state index contributed by atoms with van der Waals surface area (Å²) in [5.74, 6) is -3.67. The number of aliphatic hydroxyl groups is 1. The van der Waals surface area contributed by atoms with Crippen LogP contribution < -0.4 is 9.64 Å². The van der Waals surface area contributed by atoms with Gasteiger partial charge < -0.3 is 19.5 Å². The SMILES string of the molecule is COC(=O)c1cc(Oc2ncc(CCO)cc2C(F)(F)F)c(F)cc1N(C(=O)C1CCC(C)CC1)C(C)C. The molecule has 0 unspecified atom stereocenters. The Labute approximate surface area is 218 Å². The zero-order chi connectivity index (χ0) is 28.2. The number of carbonyl (C=O) groups excluding carboxylic acids is 2. The van der Waals surface area contributed by atoms with E-state index in [1.54, 1.807) is 13.8 Å². The third-order valence-electron chi connectivity index (χ3n) is 6.65. The first-order chi connectivity index (χ1) is 17.9. The summed E-state index contributed by atoms with van der Waals surface area (Å²) in [5.41, 5.74) is -1.44. The number of esters is 1. The van der Waals surface area contributed by atoms with Crippen LogP contribution in [-0.4, -0.2) is 41.7 Å². The molecule has 0 aliphatic heterocycles. The molecule has 1 fully saturated rings. The van der Waals surface area contributed by atoms with E-state index in [0.717, 1.165) is 44.3 Å². The van der Waals surface area contributed by atoms with E-state index < -0.39 is 41.2 Å². The van der Waals surface area contributed by atoms with Crippen LogP contribution >= 0.6 is 0 Å². The Balaban J connectivity index is 2.06. The number of methoxy groups -OCH3 is 1. The molecule has 0 radical (unpaired) electrons. The Bertz CT molecular complexity index is 1160. The molecule has 1 aliphatic rings. The summed E-state index contributed by atoms with van der Waals surface area (Å²) >= 11 is 0. The van der Waals surface area contributed by atoms with Crippen LogP contribution in [0.25, 0.3) is 0 Å². The Morgan fingerprint density at radius 3 is 2.37 bits per heavy atom. The molecular formula is C27H32F4N2O5. The Morgan fingerprint density at radius 1 is 1.16 bits per heavy atom. The van der Waals surface area contributed by atoms with Crippen LogP contribution in [0.15, 0.2) is 24.4 Å². The van der Waals surface area contributed by atoms with E-state index in [-0.39, 0.29) is 41.7 Å². The van der Waals surface area contributed by atoms with Gasteiger partial charge in [-0.1, -0.05) is 6.92 Å². The molecule has 0 bridgehead atoms. The van der Waals surface area contributed by atoms with E-state index in [0.29, 0.717) is 18.8 Å². The summed E-state index contributed by atoms with van der Waals surface area (Å²) in [4.78, 5) is 31.2. The minimum absolute atomic E-state index is 0.0531. The van der Waals surface area contributed by atoms with Crippen LogP contribution in [0.4, 0.5) is 23.2 Å². The van der Waals surface area contributed by atoms with Crippen molar-refractivity contribution in [3.05, 3.63) is 46.9 Å². The lowest BCUT2D eigenvalue weighted by Gasteiger charge is -2.34. The largest absolute Gasteiger partial charge is 0.465 e. The highest BCUT2D eigenvalue weighted by Crippen LogP contribution is 2.40. The van der Waals surface area contributed by atoms with Gasteiger partial charge in [-0.25, -0.2) is 14.2 Å². The molecule has 0 spiro atoms. The fourth-order valence-corrected chi connectivity index (χ4v) is 4.60. The van der Waals surface area contributed by atoms with Crippen molar-refractivity contribution in [3.63, 3.8) is 0 Å². The number of amides is 1. The summed E-state index contributed by atoms with van der Waals surface area (Å²) in [6, 6.07) is 2.13. The number of ether oxygens (including phenoxy) is 2. The van der Waals surface area contributed by atoms with Crippen molar-refractivity contribution in [1.82, 2.24) is 4.98 Å². The second-order valence-corrected chi connectivity index (χ2v) is 9.82. The lowest BCUT2D eigenvalue weighted by atomic mass is 9.82. The monoisotopic (exact) mass is 540 g/mol. The number of rotatable bonds is 8. The molecule has 0 atom stereocenters. The van der Waals surface area contributed by atoms with Gasteiger partial charge in [0.05, 0.1) is 18.4 Å². The minimum Gasteiger partial charge on any atom is -0.465 e. The average Bonchev–Trinajstić information content (AvgIpc) is 2.85. The summed E-state index contributed by atoms with van der Waals surface area (Å²) in [6.07, 6.45) is -0.785. The molecule has 7 nitrogen and oxygen atoms in total. The van der Waals surface area contributed by atoms with Crippen LogP contribution in [0, 0.1) is 17.7 Å². The fourth-order valence-electron chi connectivity index (χ4n) is 4.60. The third-order valence-corrected chi connectivity index (χ3v) is 6.65. The van der Waals surface area contributed by atoms with Crippen LogP contribution in [0.1, 0.15) is 67.9 Å². The predicted octanol–water partition coefficient (Wildman–Crippen LogP) is 5.92. The standard InChI is InChI=1S/C27H32F4N2O5/c1-15(2)33(25(35)18-7-5-16(3)6-8-18)22-13-21(28)23(12-19(22)26(36)37-4)38-24-20(27(29,30)31)11-17(9-10-34)14-32-24/h11-16,18,34H,5-10H2,1-4H3. The van der Waals surface area contributed by atoms with Crippen molar-refractivity contribution in [3.8, 4) is 11.6 Å². The average molecular weight is 541 g/mol. The second kappa shape index (κ2) is 12.1. The first-order valence-electron chi connectivity index (χ1n) is 12.5. The first-order valence-corrected chi connectivity index (χ1v) is 12.5. The van der Waals surface area contributed by atoms with Gasteiger partial charge in [0.1, 0.15) is 5.56 Å². The lowest BCUT2D eigenvalue weighted by molar-refractivity contribution is -0.139. The fraction of sp³-hybridized carbons (Fsp3) is 0.519. The topological polar surface area (TPSA) is 89.0 Å². The van der Waals surface area contributed by atoms with E-state index in [2.05, 4.69) is 11.9 Å². The maximum atomic E-state index is 15.3. The van der Waals surface area contributed by atoms with Gasteiger partial charge in [-0.3, -0.25) is 4.79 Å². The third kappa shape index (κ3) is 6.61. The number of alkyl halides is 3. The van der Waals surface area contributed by atoms with Gasteiger partial charge in [-0.05, 0) is 63.5 Å². The van der Waals surface area contributed by atoms with Crippen molar-refractivity contribution in [2.75, 3.05) is 18.6 Å². The zero-order valence-electron chi connectivity index (χ0n) is 21.8. The van der Waals surface area contributed by atoms with Gasteiger partial charge in [0.2, 0.25) is 11.8 Å². The van der Waals surface area contributed by atoms with Crippen molar-refractivity contribution >= 4 is 17.6 Å². The number of halogens is 4. The normalized spacial score (nSPS) is 17.8. The van der Waals surface area contributed by atoms with Gasteiger partial charge in [0.15, 0.2) is 11.6 Å². The van der Waals surface area contributed by atoms with E-state index >= 15 is 4.39 Å². The molecule has 2 aromatic rings. The highest BCUT2D eigenvalue weighted by molar-refractivity contribution is 6.04. The molecular weight excluding hydrogens is 508 g/mol.